The fourth-order valence-corrected chi connectivity index (χ4v) is 2.45. The predicted molar refractivity (Wildman–Crippen MR) is 67.4 cm³/mol. The van der Waals surface area contributed by atoms with E-state index in [9.17, 15) is 9.90 Å². The van der Waals surface area contributed by atoms with E-state index in [1.54, 1.807) is 0 Å². The minimum Gasteiger partial charge on any atom is -0.394 e. The summed E-state index contributed by atoms with van der Waals surface area (Å²) in [5.74, 6) is 2.69. The van der Waals surface area contributed by atoms with Crippen molar-refractivity contribution in [2.45, 2.75) is 44.6 Å². The lowest BCUT2D eigenvalue weighted by Crippen LogP contribution is -2.57. The molecule has 1 fully saturated rings. The largest absolute Gasteiger partial charge is 0.394 e. The van der Waals surface area contributed by atoms with Crippen LogP contribution in [0.1, 0.15) is 39.0 Å². The molecule has 0 radical (unpaired) electrons. The third-order valence-electron chi connectivity index (χ3n) is 3.58. The van der Waals surface area contributed by atoms with Crippen molar-refractivity contribution >= 4 is 6.03 Å². The maximum absolute atomic E-state index is 11.6. The van der Waals surface area contributed by atoms with Crippen molar-refractivity contribution in [3.63, 3.8) is 0 Å². The van der Waals surface area contributed by atoms with Crippen molar-refractivity contribution in [1.29, 1.82) is 0 Å². The lowest BCUT2D eigenvalue weighted by molar-refractivity contribution is 0.101. The number of carbonyl (C=O) groups excluding carboxylic acids is 1. The Morgan fingerprint density at radius 2 is 2.12 bits per heavy atom. The number of terminal acetylenes is 1. The zero-order chi connectivity index (χ0) is 12.7. The molecule has 0 aromatic heterocycles. The Hall–Kier alpha value is -1.21. The van der Waals surface area contributed by atoms with Gasteiger partial charge in [-0.15, -0.1) is 6.42 Å². The molecule has 1 atom stereocenters. The zero-order valence-corrected chi connectivity index (χ0v) is 10.5. The maximum atomic E-state index is 11.6. The SMILES string of the molecule is C#CCNC(=O)NC(C)(CO)C1CCCCC1. The van der Waals surface area contributed by atoms with E-state index in [1.807, 2.05) is 6.92 Å². The van der Waals surface area contributed by atoms with Gasteiger partial charge in [-0.05, 0) is 25.7 Å². The van der Waals surface area contributed by atoms with Crippen molar-refractivity contribution in [1.82, 2.24) is 10.6 Å². The Morgan fingerprint density at radius 1 is 1.47 bits per heavy atom. The van der Waals surface area contributed by atoms with Crippen LogP contribution in [0.2, 0.25) is 0 Å². The lowest BCUT2D eigenvalue weighted by Gasteiger charge is -2.39. The quantitative estimate of drug-likeness (QED) is 0.646. The van der Waals surface area contributed by atoms with Crippen LogP contribution < -0.4 is 10.6 Å². The number of aliphatic hydroxyl groups is 1. The third-order valence-corrected chi connectivity index (χ3v) is 3.58. The molecule has 0 bridgehead atoms. The molecule has 4 nitrogen and oxygen atoms in total. The summed E-state index contributed by atoms with van der Waals surface area (Å²) in [7, 11) is 0. The Labute approximate surface area is 103 Å². The molecular formula is C13H22N2O2. The van der Waals surface area contributed by atoms with Gasteiger partial charge in [-0.25, -0.2) is 4.79 Å². The molecule has 1 rings (SSSR count). The highest BCUT2D eigenvalue weighted by Gasteiger charge is 2.35. The van der Waals surface area contributed by atoms with Crippen molar-refractivity contribution in [3.8, 4) is 12.3 Å². The summed E-state index contributed by atoms with van der Waals surface area (Å²) in [6, 6.07) is -0.301. The fourth-order valence-electron chi connectivity index (χ4n) is 2.45. The summed E-state index contributed by atoms with van der Waals surface area (Å²) in [4.78, 5) is 11.6. The van der Waals surface area contributed by atoms with E-state index in [-0.39, 0.29) is 19.2 Å². The molecule has 96 valence electrons. The molecule has 0 spiro atoms. The minimum atomic E-state index is -0.543. The maximum Gasteiger partial charge on any atom is 0.316 e. The zero-order valence-electron chi connectivity index (χ0n) is 10.5. The highest BCUT2D eigenvalue weighted by molar-refractivity contribution is 5.75. The molecule has 0 aromatic carbocycles. The molecule has 0 aliphatic heterocycles. The number of nitrogens with one attached hydrogen (secondary N) is 2. The lowest BCUT2D eigenvalue weighted by atomic mass is 9.76. The van der Waals surface area contributed by atoms with Gasteiger partial charge < -0.3 is 15.7 Å². The van der Waals surface area contributed by atoms with Gasteiger partial charge in [-0.3, -0.25) is 0 Å². The fraction of sp³-hybridized carbons (Fsp3) is 0.769. The van der Waals surface area contributed by atoms with Crippen LogP contribution in [-0.4, -0.2) is 29.8 Å². The summed E-state index contributed by atoms with van der Waals surface area (Å²) in [5, 5.41) is 14.9. The van der Waals surface area contributed by atoms with Gasteiger partial charge in [-0.1, -0.05) is 25.2 Å². The van der Waals surface area contributed by atoms with Gasteiger partial charge in [0.05, 0.1) is 18.7 Å². The average Bonchev–Trinajstić information content (AvgIpc) is 2.37. The van der Waals surface area contributed by atoms with Gasteiger partial charge in [0.2, 0.25) is 0 Å². The number of hydrogen-bond donors (Lipinski definition) is 3. The smallest absolute Gasteiger partial charge is 0.316 e. The van der Waals surface area contributed by atoms with Crippen molar-refractivity contribution < 1.29 is 9.90 Å². The standard InChI is InChI=1S/C13H22N2O2/c1-3-9-14-12(17)15-13(2,10-16)11-7-5-4-6-8-11/h1,11,16H,4-10H2,2H3,(H2,14,15,17). The number of urea groups is 1. The number of carbonyl (C=O) groups is 1. The second-order valence-corrected chi connectivity index (χ2v) is 4.92. The molecule has 4 heteroatoms. The van der Waals surface area contributed by atoms with Crippen LogP contribution in [0.5, 0.6) is 0 Å². The molecule has 1 aliphatic rings. The Morgan fingerprint density at radius 3 is 2.65 bits per heavy atom. The summed E-state index contributed by atoms with van der Waals surface area (Å²) in [5.41, 5.74) is -0.543. The van der Waals surface area contributed by atoms with Crippen molar-refractivity contribution in [2.75, 3.05) is 13.2 Å². The normalized spacial score (nSPS) is 20.1. The minimum absolute atomic E-state index is 0.0405. The highest BCUT2D eigenvalue weighted by atomic mass is 16.3. The van der Waals surface area contributed by atoms with E-state index in [0.29, 0.717) is 5.92 Å². The van der Waals surface area contributed by atoms with Crippen LogP contribution in [-0.2, 0) is 0 Å². The molecule has 1 unspecified atom stereocenters. The molecule has 1 saturated carbocycles. The van der Waals surface area contributed by atoms with Crippen LogP contribution in [0.4, 0.5) is 4.79 Å². The topological polar surface area (TPSA) is 61.4 Å². The first-order valence-electron chi connectivity index (χ1n) is 6.22. The Bertz CT molecular complexity index is 292. The summed E-state index contributed by atoms with van der Waals surface area (Å²) < 4.78 is 0. The van der Waals surface area contributed by atoms with Gasteiger partial charge in [0.15, 0.2) is 0 Å². The molecule has 2 amide bonds. The van der Waals surface area contributed by atoms with Crippen molar-refractivity contribution in [2.24, 2.45) is 5.92 Å². The van der Waals surface area contributed by atoms with E-state index >= 15 is 0 Å². The average molecular weight is 238 g/mol. The van der Waals surface area contributed by atoms with Crippen molar-refractivity contribution in [3.05, 3.63) is 0 Å². The molecule has 17 heavy (non-hydrogen) atoms. The van der Waals surface area contributed by atoms with Gasteiger partial charge >= 0.3 is 6.03 Å². The second kappa shape index (κ2) is 6.51. The van der Waals surface area contributed by atoms with E-state index < -0.39 is 5.54 Å². The summed E-state index contributed by atoms with van der Waals surface area (Å²) >= 11 is 0. The predicted octanol–water partition coefficient (Wildman–Crippen LogP) is 1.25. The van der Waals surface area contributed by atoms with Gasteiger partial charge in [-0.2, -0.15) is 0 Å². The van der Waals surface area contributed by atoms with E-state index in [4.69, 9.17) is 6.42 Å². The van der Waals surface area contributed by atoms with Gasteiger partial charge in [0, 0.05) is 0 Å². The summed E-state index contributed by atoms with van der Waals surface area (Å²) in [6.07, 6.45) is 10.8. The third kappa shape index (κ3) is 3.94. The highest BCUT2D eigenvalue weighted by Crippen LogP contribution is 2.32. The van der Waals surface area contributed by atoms with Crippen LogP contribution in [0.3, 0.4) is 0 Å². The Balaban J connectivity index is 2.54. The number of rotatable bonds is 4. The van der Waals surface area contributed by atoms with Gasteiger partial charge in [0.25, 0.3) is 0 Å². The van der Waals surface area contributed by atoms with Crippen LogP contribution >= 0.6 is 0 Å². The van der Waals surface area contributed by atoms with Gasteiger partial charge in [0.1, 0.15) is 0 Å². The Kier molecular flexibility index (Phi) is 5.30. The molecular weight excluding hydrogens is 216 g/mol. The number of aliphatic hydroxyl groups excluding tert-OH is 1. The molecule has 0 heterocycles. The summed E-state index contributed by atoms with van der Waals surface area (Å²) in [6.45, 7) is 2.07. The first-order valence-corrected chi connectivity index (χ1v) is 6.22. The molecule has 1 aliphatic carbocycles. The number of amides is 2. The molecule has 3 N–H and O–H groups in total. The second-order valence-electron chi connectivity index (χ2n) is 4.92. The van der Waals surface area contributed by atoms with E-state index in [0.717, 1.165) is 12.8 Å². The first-order chi connectivity index (χ1) is 8.12. The molecule has 0 aromatic rings. The van der Waals surface area contributed by atoms with Crippen LogP contribution in [0.15, 0.2) is 0 Å². The van der Waals surface area contributed by atoms with E-state index in [2.05, 4.69) is 16.6 Å². The van der Waals surface area contributed by atoms with Crippen LogP contribution in [0, 0.1) is 18.3 Å². The monoisotopic (exact) mass is 238 g/mol. The van der Waals surface area contributed by atoms with Crippen LogP contribution in [0.25, 0.3) is 0 Å². The first kappa shape index (κ1) is 13.9. The number of hydrogen-bond acceptors (Lipinski definition) is 2. The molecule has 0 saturated heterocycles. The van der Waals surface area contributed by atoms with E-state index in [1.165, 1.54) is 19.3 Å².